The molecule has 4 rings (SSSR count). The number of fused-ring (bicyclic) bond motifs is 1. The molecule has 1 atom stereocenters. The van der Waals surface area contributed by atoms with Crippen LogP contribution in [0.25, 0.3) is 10.9 Å². The number of carbonyl (C=O) groups is 1. The highest BCUT2D eigenvalue weighted by molar-refractivity contribution is 6.30. The summed E-state index contributed by atoms with van der Waals surface area (Å²) in [6.45, 7) is 1.82. The molecule has 0 unspecified atom stereocenters. The van der Waals surface area contributed by atoms with Crippen LogP contribution in [0.2, 0.25) is 5.15 Å². The van der Waals surface area contributed by atoms with Crippen molar-refractivity contribution >= 4 is 34.1 Å². The fourth-order valence-electron chi connectivity index (χ4n) is 3.69. The van der Waals surface area contributed by atoms with Crippen LogP contribution < -0.4 is 9.47 Å². The van der Waals surface area contributed by atoms with Gasteiger partial charge in [0.05, 0.1) is 26.0 Å². The van der Waals surface area contributed by atoms with Gasteiger partial charge in [-0.25, -0.2) is 9.99 Å². The zero-order chi connectivity index (χ0) is 21.3. The molecular weight excluding hydrogens is 402 g/mol. The highest BCUT2D eigenvalue weighted by Crippen LogP contribution is 2.38. The van der Waals surface area contributed by atoms with Gasteiger partial charge in [0.25, 0.3) is 0 Å². The standard InChI is InChI=1S/C23H22ClN3O3/c1-4-21(28)27-19(13-18(26-27)14-7-5-9-16(11-14)29-2)17-12-15-8-6-10-20(30-3)22(15)25-23(17)24/h5-12,19H,4,13H2,1-3H3/t19-/m1/s1. The van der Waals surface area contributed by atoms with Gasteiger partial charge in [0, 0.05) is 29.4 Å². The maximum atomic E-state index is 12.7. The molecule has 7 heteroatoms. The van der Waals surface area contributed by atoms with Crippen molar-refractivity contribution in [3.05, 3.63) is 64.8 Å². The summed E-state index contributed by atoms with van der Waals surface area (Å²) in [5, 5.41) is 7.42. The fraction of sp³-hybridized carbons (Fsp3) is 0.261. The van der Waals surface area contributed by atoms with Gasteiger partial charge < -0.3 is 9.47 Å². The highest BCUT2D eigenvalue weighted by Gasteiger charge is 2.34. The van der Waals surface area contributed by atoms with E-state index >= 15 is 0 Å². The molecule has 0 saturated carbocycles. The zero-order valence-corrected chi connectivity index (χ0v) is 17.8. The van der Waals surface area contributed by atoms with Crippen LogP contribution in [0.1, 0.15) is 36.9 Å². The normalized spacial score (nSPS) is 15.9. The van der Waals surface area contributed by atoms with Crippen molar-refractivity contribution in [3.8, 4) is 11.5 Å². The van der Waals surface area contributed by atoms with E-state index in [0.29, 0.717) is 29.3 Å². The monoisotopic (exact) mass is 423 g/mol. The molecule has 0 fully saturated rings. The molecule has 1 aliphatic heterocycles. The first kappa shape index (κ1) is 20.2. The van der Waals surface area contributed by atoms with Gasteiger partial charge in [0.1, 0.15) is 22.2 Å². The van der Waals surface area contributed by atoms with E-state index < -0.39 is 0 Å². The number of carbonyl (C=O) groups excluding carboxylic acids is 1. The number of rotatable bonds is 5. The van der Waals surface area contributed by atoms with E-state index in [-0.39, 0.29) is 11.9 Å². The van der Waals surface area contributed by atoms with Gasteiger partial charge in [0.2, 0.25) is 5.91 Å². The lowest BCUT2D eigenvalue weighted by molar-refractivity contribution is -0.132. The Balaban J connectivity index is 1.78. The van der Waals surface area contributed by atoms with Crippen molar-refractivity contribution in [1.82, 2.24) is 9.99 Å². The summed E-state index contributed by atoms with van der Waals surface area (Å²) in [7, 11) is 3.23. The summed E-state index contributed by atoms with van der Waals surface area (Å²) in [5.41, 5.74) is 3.18. The Labute approximate surface area is 180 Å². The van der Waals surface area contributed by atoms with Crippen LogP contribution in [0.15, 0.2) is 53.6 Å². The number of benzene rings is 2. The second-order valence-corrected chi connectivity index (χ2v) is 7.35. The molecule has 2 heterocycles. The second kappa shape index (κ2) is 8.32. The van der Waals surface area contributed by atoms with Gasteiger partial charge in [0.15, 0.2) is 0 Å². The molecule has 6 nitrogen and oxygen atoms in total. The Kier molecular flexibility index (Phi) is 5.59. The first-order chi connectivity index (χ1) is 14.5. The number of nitrogens with zero attached hydrogens (tertiary/aromatic N) is 3. The summed E-state index contributed by atoms with van der Waals surface area (Å²) >= 11 is 6.59. The third-order valence-electron chi connectivity index (χ3n) is 5.24. The van der Waals surface area contributed by atoms with E-state index in [4.69, 9.17) is 21.1 Å². The average molecular weight is 424 g/mol. The largest absolute Gasteiger partial charge is 0.497 e. The molecule has 1 amide bonds. The van der Waals surface area contributed by atoms with Crippen molar-refractivity contribution in [3.63, 3.8) is 0 Å². The summed E-state index contributed by atoms with van der Waals surface area (Å²) in [4.78, 5) is 17.3. The van der Waals surface area contributed by atoms with E-state index in [9.17, 15) is 4.79 Å². The molecule has 3 aromatic rings. The van der Waals surface area contributed by atoms with Crippen LogP contribution in [0, 0.1) is 0 Å². The van der Waals surface area contributed by atoms with Crippen LogP contribution in [0.4, 0.5) is 0 Å². The Morgan fingerprint density at radius 1 is 1.17 bits per heavy atom. The van der Waals surface area contributed by atoms with Crippen LogP contribution in [-0.4, -0.2) is 35.8 Å². The molecule has 0 bridgehead atoms. The predicted octanol–water partition coefficient (Wildman–Crippen LogP) is 4.99. The number of hydrogen-bond acceptors (Lipinski definition) is 5. The van der Waals surface area contributed by atoms with E-state index in [2.05, 4.69) is 10.1 Å². The summed E-state index contributed by atoms with van der Waals surface area (Å²) < 4.78 is 10.7. The minimum Gasteiger partial charge on any atom is -0.497 e. The topological polar surface area (TPSA) is 64.0 Å². The lowest BCUT2D eigenvalue weighted by Gasteiger charge is -2.22. The Bertz CT molecular complexity index is 1150. The summed E-state index contributed by atoms with van der Waals surface area (Å²) in [5.74, 6) is 1.33. The fourth-order valence-corrected chi connectivity index (χ4v) is 3.95. The molecule has 1 aliphatic rings. The van der Waals surface area contributed by atoms with E-state index in [1.54, 1.807) is 14.2 Å². The molecule has 2 aromatic carbocycles. The quantitative estimate of drug-likeness (QED) is 0.542. The molecule has 0 saturated heterocycles. The Morgan fingerprint density at radius 2 is 1.97 bits per heavy atom. The molecule has 0 radical (unpaired) electrons. The zero-order valence-electron chi connectivity index (χ0n) is 17.1. The first-order valence-electron chi connectivity index (χ1n) is 9.72. The van der Waals surface area contributed by atoms with Crippen molar-refractivity contribution < 1.29 is 14.3 Å². The predicted molar refractivity (Wildman–Crippen MR) is 117 cm³/mol. The van der Waals surface area contributed by atoms with E-state index in [1.165, 1.54) is 5.01 Å². The van der Waals surface area contributed by atoms with Crippen molar-refractivity contribution in [1.29, 1.82) is 0 Å². The molecule has 0 N–H and O–H groups in total. The molecule has 1 aromatic heterocycles. The third-order valence-corrected chi connectivity index (χ3v) is 5.54. The number of para-hydroxylation sites is 1. The maximum Gasteiger partial charge on any atom is 0.242 e. The number of halogens is 1. The van der Waals surface area contributed by atoms with Crippen molar-refractivity contribution in [2.75, 3.05) is 14.2 Å². The average Bonchev–Trinajstić information content (AvgIpc) is 3.23. The van der Waals surface area contributed by atoms with Gasteiger partial charge in [-0.1, -0.05) is 42.8 Å². The minimum atomic E-state index is -0.325. The Morgan fingerprint density at radius 3 is 2.70 bits per heavy atom. The summed E-state index contributed by atoms with van der Waals surface area (Å²) in [6.07, 6.45) is 0.883. The van der Waals surface area contributed by atoms with Crippen LogP contribution in [-0.2, 0) is 4.79 Å². The number of ether oxygens (including phenoxy) is 2. The Hall–Kier alpha value is -3.12. The van der Waals surface area contributed by atoms with Gasteiger partial charge in [-0.05, 0) is 24.3 Å². The number of aromatic nitrogens is 1. The minimum absolute atomic E-state index is 0.0697. The smallest absolute Gasteiger partial charge is 0.242 e. The van der Waals surface area contributed by atoms with Crippen molar-refractivity contribution in [2.24, 2.45) is 5.10 Å². The number of pyridine rings is 1. The maximum absolute atomic E-state index is 12.7. The van der Waals surface area contributed by atoms with Crippen LogP contribution in [0.5, 0.6) is 11.5 Å². The molecule has 154 valence electrons. The lowest BCUT2D eigenvalue weighted by Crippen LogP contribution is -2.26. The highest BCUT2D eigenvalue weighted by atomic mass is 35.5. The van der Waals surface area contributed by atoms with Gasteiger partial charge in [-0.15, -0.1) is 0 Å². The van der Waals surface area contributed by atoms with Gasteiger partial charge in [-0.3, -0.25) is 4.79 Å². The third kappa shape index (κ3) is 3.59. The van der Waals surface area contributed by atoms with Crippen LogP contribution >= 0.6 is 11.6 Å². The number of methoxy groups -OCH3 is 2. The van der Waals surface area contributed by atoms with E-state index in [1.807, 2.05) is 55.5 Å². The second-order valence-electron chi connectivity index (χ2n) is 6.99. The van der Waals surface area contributed by atoms with Gasteiger partial charge >= 0.3 is 0 Å². The molecule has 0 spiro atoms. The number of amides is 1. The van der Waals surface area contributed by atoms with Crippen LogP contribution in [0.3, 0.4) is 0 Å². The molecular formula is C23H22ClN3O3. The SMILES string of the molecule is CCC(=O)N1N=C(c2cccc(OC)c2)C[C@@H]1c1cc2cccc(OC)c2nc1Cl. The first-order valence-corrected chi connectivity index (χ1v) is 10.1. The molecule has 0 aliphatic carbocycles. The number of hydrazone groups is 1. The van der Waals surface area contributed by atoms with Gasteiger partial charge in [-0.2, -0.15) is 5.10 Å². The van der Waals surface area contributed by atoms with Crippen molar-refractivity contribution in [2.45, 2.75) is 25.8 Å². The summed E-state index contributed by atoms with van der Waals surface area (Å²) in [6, 6.07) is 15.0. The van der Waals surface area contributed by atoms with E-state index in [0.717, 1.165) is 28.0 Å². The lowest BCUT2D eigenvalue weighted by atomic mass is 9.98. The molecule has 30 heavy (non-hydrogen) atoms. The number of hydrogen-bond donors (Lipinski definition) is 0.